The van der Waals surface area contributed by atoms with Gasteiger partial charge >= 0.3 is 0 Å². The van der Waals surface area contributed by atoms with Crippen LogP contribution in [0.3, 0.4) is 0 Å². The fraction of sp³-hybridized carbons (Fsp3) is 0.647. The van der Waals surface area contributed by atoms with E-state index in [1.54, 1.807) is 0 Å². The molecule has 0 amide bonds. The Kier molecular flexibility index (Phi) is 5.96. The number of likely N-dealkylation sites (tertiary alicyclic amines) is 1. The molecule has 1 aromatic carbocycles. The van der Waals surface area contributed by atoms with Gasteiger partial charge in [-0.05, 0) is 63.9 Å². The maximum Gasteiger partial charge on any atom is 0.0452 e. The zero-order valence-corrected chi connectivity index (χ0v) is 14.8. The lowest BCUT2D eigenvalue weighted by molar-refractivity contribution is 0.131. The highest BCUT2D eigenvalue weighted by Gasteiger charge is 2.24. The third kappa shape index (κ3) is 5.45. The predicted octanol–water partition coefficient (Wildman–Crippen LogP) is 4.74. The van der Waals surface area contributed by atoms with Gasteiger partial charge in [-0.1, -0.05) is 29.6 Å². The quantitative estimate of drug-likeness (QED) is 0.859. The molecule has 0 saturated carbocycles. The Morgan fingerprint density at radius 3 is 2.71 bits per heavy atom. The van der Waals surface area contributed by atoms with Crippen LogP contribution >= 0.6 is 23.2 Å². The van der Waals surface area contributed by atoms with E-state index in [2.05, 4.69) is 31.0 Å². The molecular formula is C17H26Cl2N2. The van der Waals surface area contributed by atoms with Crippen LogP contribution in [-0.2, 0) is 6.54 Å². The summed E-state index contributed by atoms with van der Waals surface area (Å²) in [5.74, 6) is 0. The van der Waals surface area contributed by atoms with E-state index in [0.717, 1.165) is 35.2 Å². The summed E-state index contributed by atoms with van der Waals surface area (Å²) >= 11 is 12.4. The summed E-state index contributed by atoms with van der Waals surface area (Å²) in [5, 5.41) is 5.21. The lowest BCUT2D eigenvalue weighted by atomic mass is 9.99. The zero-order valence-electron chi connectivity index (χ0n) is 13.3. The minimum atomic E-state index is 0.164. The number of piperidine rings is 1. The highest BCUT2D eigenvalue weighted by atomic mass is 35.5. The largest absolute Gasteiger partial charge is 0.311 e. The molecule has 1 aromatic rings. The van der Waals surface area contributed by atoms with Gasteiger partial charge in [0, 0.05) is 34.7 Å². The van der Waals surface area contributed by atoms with Gasteiger partial charge in [-0.25, -0.2) is 0 Å². The SMILES string of the molecule is CC(C)(C)NCC1CCCCN1Cc1cc(Cl)ccc1Cl. The van der Waals surface area contributed by atoms with Gasteiger partial charge in [0.05, 0.1) is 0 Å². The molecule has 2 nitrogen and oxygen atoms in total. The molecule has 1 fully saturated rings. The molecule has 1 atom stereocenters. The van der Waals surface area contributed by atoms with Crippen LogP contribution in [0.4, 0.5) is 0 Å². The van der Waals surface area contributed by atoms with E-state index in [1.807, 2.05) is 18.2 Å². The van der Waals surface area contributed by atoms with Gasteiger partial charge in [0.2, 0.25) is 0 Å². The lowest BCUT2D eigenvalue weighted by Gasteiger charge is -2.37. The third-order valence-corrected chi connectivity index (χ3v) is 4.60. The van der Waals surface area contributed by atoms with E-state index in [0.29, 0.717) is 6.04 Å². The minimum Gasteiger partial charge on any atom is -0.311 e. The van der Waals surface area contributed by atoms with Crippen LogP contribution in [0.25, 0.3) is 0 Å². The maximum absolute atomic E-state index is 6.31. The highest BCUT2D eigenvalue weighted by Crippen LogP contribution is 2.25. The van der Waals surface area contributed by atoms with Gasteiger partial charge in [-0.3, -0.25) is 4.90 Å². The van der Waals surface area contributed by atoms with E-state index in [1.165, 1.54) is 19.3 Å². The van der Waals surface area contributed by atoms with Crippen molar-refractivity contribution in [3.8, 4) is 0 Å². The maximum atomic E-state index is 6.31. The van der Waals surface area contributed by atoms with Crippen LogP contribution in [0.15, 0.2) is 18.2 Å². The summed E-state index contributed by atoms with van der Waals surface area (Å²) in [4.78, 5) is 2.54. The number of nitrogens with one attached hydrogen (secondary N) is 1. The second-order valence-corrected chi connectivity index (χ2v) is 7.83. The average molecular weight is 329 g/mol. The summed E-state index contributed by atoms with van der Waals surface area (Å²) in [6.45, 7) is 9.70. The number of benzene rings is 1. The molecule has 1 unspecified atom stereocenters. The van der Waals surface area contributed by atoms with Crippen LogP contribution in [0.2, 0.25) is 10.0 Å². The minimum absolute atomic E-state index is 0.164. The van der Waals surface area contributed by atoms with Gasteiger partial charge in [0.15, 0.2) is 0 Å². The fourth-order valence-electron chi connectivity index (χ4n) is 2.81. The molecule has 1 N–H and O–H groups in total. The normalized spacial score (nSPS) is 20.7. The van der Waals surface area contributed by atoms with Gasteiger partial charge in [-0.15, -0.1) is 0 Å². The molecule has 1 aliphatic rings. The van der Waals surface area contributed by atoms with Crippen LogP contribution in [0.5, 0.6) is 0 Å². The molecule has 2 rings (SSSR count). The summed E-state index contributed by atoms with van der Waals surface area (Å²) < 4.78 is 0. The summed E-state index contributed by atoms with van der Waals surface area (Å²) in [7, 11) is 0. The molecule has 0 bridgehead atoms. The van der Waals surface area contributed by atoms with Crippen LogP contribution < -0.4 is 5.32 Å². The first-order chi connectivity index (χ1) is 9.85. The van der Waals surface area contributed by atoms with E-state index in [-0.39, 0.29) is 5.54 Å². The first-order valence-corrected chi connectivity index (χ1v) is 8.54. The second-order valence-electron chi connectivity index (χ2n) is 6.99. The molecule has 4 heteroatoms. The van der Waals surface area contributed by atoms with Crippen molar-refractivity contribution in [2.75, 3.05) is 13.1 Å². The number of halogens is 2. The van der Waals surface area contributed by atoms with Crippen molar-refractivity contribution in [1.82, 2.24) is 10.2 Å². The summed E-state index contributed by atoms with van der Waals surface area (Å²) in [5.41, 5.74) is 1.29. The van der Waals surface area contributed by atoms with Crippen molar-refractivity contribution >= 4 is 23.2 Å². The van der Waals surface area contributed by atoms with Gasteiger partial charge in [-0.2, -0.15) is 0 Å². The zero-order chi connectivity index (χ0) is 15.5. The fourth-order valence-corrected chi connectivity index (χ4v) is 3.18. The molecule has 118 valence electrons. The number of rotatable bonds is 4. The smallest absolute Gasteiger partial charge is 0.0452 e. The molecule has 0 radical (unpaired) electrons. The molecule has 1 saturated heterocycles. The molecule has 1 heterocycles. The van der Waals surface area contributed by atoms with Crippen molar-refractivity contribution in [1.29, 1.82) is 0 Å². The topological polar surface area (TPSA) is 15.3 Å². The van der Waals surface area contributed by atoms with E-state index >= 15 is 0 Å². The standard InChI is InChI=1S/C17H26Cl2N2/c1-17(2,3)20-11-15-6-4-5-9-21(15)12-13-10-14(18)7-8-16(13)19/h7-8,10,15,20H,4-6,9,11-12H2,1-3H3. The Balaban J connectivity index is 2.03. The number of nitrogens with zero attached hydrogens (tertiary/aromatic N) is 1. The molecule has 0 spiro atoms. The molecule has 0 aromatic heterocycles. The summed E-state index contributed by atoms with van der Waals surface area (Å²) in [6.07, 6.45) is 3.84. The third-order valence-electron chi connectivity index (χ3n) is 4.00. The van der Waals surface area contributed by atoms with Crippen LogP contribution in [0.1, 0.15) is 45.6 Å². The van der Waals surface area contributed by atoms with E-state index in [9.17, 15) is 0 Å². The van der Waals surface area contributed by atoms with Crippen molar-refractivity contribution < 1.29 is 0 Å². The Hall–Kier alpha value is -0.280. The number of hydrogen-bond acceptors (Lipinski definition) is 2. The molecule has 21 heavy (non-hydrogen) atoms. The average Bonchev–Trinajstić information content (AvgIpc) is 2.41. The molecular weight excluding hydrogens is 303 g/mol. The Bertz CT molecular complexity index is 468. The monoisotopic (exact) mass is 328 g/mol. The first-order valence-electron chi connectivity index (χ1n) is 7.78. The van der Waals surface area contributed by atoms with Crippen molar-refractivity contribution in [2.45, 2.75) is 58.2 Å². The Labute approximate surface area is 138 Å². The van der Waals surface area contributed by atoms with E-state index in [4.69, 9.17) is 23.2 Å². The van der Waals surface area contributed by atoms with Crippen molar-refractivity contribution in [3.05, 3.63) is 33.8 Å². The second kappa shape index (κ2) is 7.32. The lowest BCUT2D eigenvalue weighted by Crippen LogP contribution is -2.49. The van der Waals surface area contributed by atoms with Gasteiger partial charge < -0.3 is 5.32 Å². The van der Waals surface area contributed by atoms with Crippen molar-refractivity contribution in [2.24, 2.45) is 0 Å². The number of hydrogen-bond donors (Lipinski definition) is 1. The van der Waals surface area contributed by atoms with Gasteiger partial charge in [0.25, 0.3) is 0 Å². The van der Waals surface area contributed by atoms with Crippen molar-refractivity contribution in [3.63, 3.8) is 0 Å². The highest BCUT2D eigenvalue weighted by molar-refractivity contribution is 6.33. The predicted molar refractivity (Wildman–Crippen MR) is 92.3 cm³/mol. The Morgan fingerprint density at radius 2 is 2.00 bits per heavy atom. The van der Waals surface area contributed by atoms with E-state index < -0.39 is 0 Å². The summed E-state index contributed by atoms with van der Waals surface area (Å²) in [6, 6.07) is 6.31. The first kappa shape index (κ1) is 17.1. The van der Waals surface area contributed by atoms with Crippen LogP contribution in [-0.4, -0.2) is 29.6 Å². The van der Waals surface area contributed by atoms with Gasteiger partial charge in [0.1, 0.15) is 0 Å². The molecule has 1 aliphatic heterocycles. The molecule has 0 aliphatic carbocycles. The Morgan fingerprint density at radius 1 is 1.24 bits per heavy atom. The van der Waals surface area contributed by atoms with Crippen LogP contribution in [0, 0.1) is 0 Å².